The van der Waals surface area contributed by atoms with Crippen molar-refractivity contribution in [2.24, 2.45) is 0 Å². The number of amides is 2. The Balaban J connectivity index is 1.41. The van der Waals surface area contributed by atoms with Gasteiger partial charge in [0.2, 0.25) is 0 Å². The van der Waals surface area contributed by atoms with Crippen LogP contribution in [-0.2, 0) is 6.42 Å². The Bertz CT molecular complexity index is 1620. The molecule has 0 spiro atoms. The number of hydrogen-bond donors (Lipinski definition) is 3. The Morgan fingerprint density at radius 3 is 2.58 bits per heavy atom. The molecule has 0 aliphatic rings. The number of thiophene rings is 1. The average molecular weight is 526 g/mol. The minimum atomic E-state index is -0.305. The van der Waals surface area contributed by atoms with E-state index >= 15 is 0 Å². The van der Waals surface area contributed by atoms with Gasteiger partial charge in [0.15, 0.2) is 5.82 Å². The fourth-order valence-electron chi connectivity index (χ4n) is 4.14. The minimum absolute atomic E-state index is 0.199. The van der Waals surface area contributed by atoms with Crippen LogP contribution < -0.4 is 16.0 Å². The second-order valence-corrected chi connectivity index (χ2v) is 10.1. The highest BCUT2D eigenvalue weighted by molar-refractivity contribution is 7.17. The zero-order valence-electron chi connectivity index (χ0n) is 21.2. The summed E-state index contributed by atoms with van der Waals surface area (Å²) in [6.45, 7) is 5.72. The molecule has 3 N–H and O–H groups in total. The first kappa shape index (κ1) is 25.2. The van der Waals surface area contributed by atoms with Gasteiger partial charge in [0.25, 0.3) is 11.8 Å². The van der Waals surface area contributed by atoms with Gasteiger partial charge in [0.1, 0.15) is 5.76 Å². The van der Waals surface area contributed by atoms with E-state index in [1.54, 1.807) is 6.07 Å². The van der Waals surface area contributed by atoms with Crippen LogP contribution in [0.5, 0.6) is 0 Å². The van der Waals surface area contributed by atoms with Crippen molar-refractivity contribution in [3.05, 3.63) is 100 Å². The van der Waals surface area contributed by atoms with Crippen LogP contribution in [0.4, 0.5) is 17.2 Å². The number of nitrogens with one attached hydrogen (secondary N) is 3. The fourth-order valence-corrected chi connectivity index (χ4v) is 5.08. The molecule has 1 unspecified atom stereocenters. The van der Waals surface area contributed by atoms with Gasteiger partial charge in [-0.15, -0.1) is 11.3 Å². The summed E-state index contributed by atoms with van der Waals surface area (Å²) in [7, 11) is 0. The van der Waals surface area contributed by atoms with E-state index in [1.807, 2.05) is 80.7 Å². The molecule has 3 heterocycles. The van der Waals surface area contributed by atoms with Crippen LogP contribution in [0.3, 0.4) is 0 Å². The first-order chi connectivity index (χ1) is 18.4. The molecule has 3 aromatic heterocycles. The topological polar surface area (TPSA) is 109 Å². The number of para-hydroxylation sites is 1. The molecule has 0 aliphatic carbocycles. The number of carbonyl (C=O) groups is 2. The van der Waals surface area contributed by atoms with E-state index in [4.69, 9.17) is 4.52 Å². The van der Waals surface area contributed by atoms with E-state index in [9.17, 15) is 9.59 Å². The first-order valence-corrected chi connectivity index (χ1v) is 13.1. The monoisotopic (exact) mass is 525 g/mol. The number of nitrogens with zero attached hydrogens (tertiary/aromatic N) is 2. The standard InChI is InChI=1S/C29H27N5O3S/c1-17-8-4-6-10-24(17)32-27-25(33-29(36)23-16-38-26-11-7-5-9-22(23)26)14-20(15-30-27)28(35)31-18(2)12-21-13-19(3)34-37-21/h4-11,13-16,18H,12H2,1-3H3,(H,30,32)(H,31,35)(H,33,36). The molecular weight excluding hydrogens is 498 g/mol. The second kappa shape index (κ2) is 10.9. The lowest BCUT2D eigenvalue weighted by Gasteiger charge is -2.16. The molecule has 192 valence electrons. The molecule has 2 amide bonds. The summed E-state index contributed by atoms with van der Waals surface area (Å²) in [6, 6.07) is 18.8. The van der Waals surface area contributed by atoms with Gasteiger partial charge in [-0.3, -0.25) is 9.59 Å². The molecule has 0 saturated heterocycles. The van der Waals surface area contributed by atoms with E-state index in [2.05, 4.69) is 26.1 Å². The van der Waals surface area contributed by atoms with Gasteiger partial charge < -0.3 is 20.5 Å². The van der Waals surface area contributed by atoms with Gasteiger partial charge in [0.05, 0.1) is 22.5 Å². The van der Waals surface area contributed by atoms with Crippen molar-refractivity contribution in [1.82, 2.24) is 15.5 Å². The molecule has 9 heteroatoms. The van der Waals surface area contributed by atoms with Crippen LogP contribution in [-0.4, -0.2) is 28.0 Å². The summed E-state index contributed by atoms with van der Waals surface area (Å²) in [4.78, 5) is 30.9. The quantitative estimate of drug-likeness (QED) is 0.221. The third kappa shape index (κ3) is 5.57. The Hall–Kier alpha value is -4.50. The molecule has 1 atom stereocenters. The van der Waals surface area contributed by atoms with Crippen molar-refractivity contribution in [1.29, 1.82) is 0 Å². The highest BCUT2D eigenvalue weighted by Gasteiger charge is 2.19. The normalized spacial score (nSPS) is 11.8. The van der Waals surface area contributed by atoms with E-state index in [1.165, 1.54) is 17.5 Å². The van der Waals surface area contributed by atoms with Gasteiger partial charge in [0, 0.05) is 45.9 Å². The Morgan fingerprint density at radius 1 is 1.00 bits per heavy atom. The van der Waals surface area contributed by atoms with Gasteiger partial charge in [-0.2, -0.15) is 0 Å². The Morgan fingerprint density at radius 2 is 1.79 bits per heavy atom. The SMILES string of the molecule is Cc1cc(CC(C)NC(=O)c2cnc(Nc3ccccc3C)c(NC(=O)c3csc4ccccc34)c2)on1. The smallest absolute Gasteiger partial charge is 0.257 e. The van der Waals surface area contributed by atoms with Gasteiger partial charge in [-0.1, -0.05) is 41.6 Å². The number of pyridine rings is 1. The highest BCUT2D eigenvalue weighted by Crippen LogP contribution is 2.30. The van der Waals surface area contributed by atoms with Crippen molar-refractivity contribution >= 4 is 50.4 Å². The summed E-state index contributed by atoms with van der Waals surface area (Å²) in [5, 5.41) is 15.8. The second-order valence-electron chi connectivity index (χ2n) is 9.17. The lowest BCUT2D eigenvalue weighted by atomic mass is 10.1. The van der Waals surface area contributed by atoms with Crippen molar-refractivity contribution < 1.29 is 14.1 Å². The molecular formula is C29H27N5O3S. The van der Waals surface area contributed by atoms with Crippen LogP contribution in [0.1, 0.15) is 44.7 Å². The molecule has 5 aromatic rings. The number of benzene rings is 2. The molecule has 0 radical (unpaired) electrons. The molecule has 2 aromatic carbocycles. The largest absolute Gasteiger partial charge is 0.361 e. The molecule has 5 rings (SSSR count). The van der Waals surface area contributed by atoms with Gasteiger partial charge in [-0.05, 0) is 44.5 Å². The lowest BCUT2D eigenvalue weighted by Crippen LogP contribution is -2.34. The maximum absolute atomic E-state index is 13.3. The first-order valence-electron chi connectivity index (χ1n) is 12.2. The number of aryl methyl sites for hydroxylation is 2. The number of fused-ring (bicyclic) bond motifs is 1. The molecule has 8 nitrogen and oxygen atoms in total. The van der Waals surface area contributed by atoms with Crippen LogP contribution >= 0.6 is 11.3 Å². The minimum Gasteiger partial charge on any atom is -0.361 e. The maximum atomic E-state index is 13.3. The number of anilines is 3. The summed E-state index contributed by atoms with van der Waals surface area (Å²) in [6.07, 6.45) is 2.00. The molecule has 0 saturated carbocycles. The number of rotatable bonds is 8. The average Bonchev–Trinajstić information content (AvgIpc) is 3.52. The molecule has 0 fully saturated rings. The summed E-state index contributed by atoms with van der Waals surface area (Å²) >= 11 is 1.51. The van der Waals surface area contributed by atoms with E-state index in [0.717, 1.165) is 27.0 Å². The van der Waals surface area contributed by atoms with Crippen molar-refractivity contribution in [2.45, 2.75) is 33.2 Å². The zero-order chi connectivity index (χ0) is 26.6. The molecule has 0 bridgehead atoms. The van der Waals surface area contributed by atoms with Crippen LogP contribution in [0.15, 0.2) is 76.8 Å². The Labute approximate surface area is 224 Å². The third-order valence-electron chi connectivity index (χ3n) is 6.08. The van der Waals surface area contributed by atoms with Crippen molar-refractivity contribution in [3.8, 4) is 0 Å². The lowest BCUT2D eigenvalue weighted by molar-refractivity contribution is 0.0937. The van der Waals surface area contributed by atoms with E-state index in [-0.39, 0.29) is 17.9 Å². The van der Waals surface area contributed by atoms with Gasteiger partial charge in [-0.25, -0.2) is 4.98 Å². The van der Waals surface area contributed by atoms with Gasteiger partial charge >= 0.3 is 0 Å². The third-order valence-corrected chi connectivity index (χ3v) is 7.05. The number of hydrogen-bond acceptors (Lipinski definition) is 7. The molecule has 38 heavy (non-hydrogen) atoms. The predicted octanol–water partition coefficient (Wildman–Crippen LogP) is 6.26. The zero-order valence-corrected chi connectivity index (χ0v) is 22.1. The summed E-state index contributed by atoms with van der Waals surface area (Å²) in [5.41, 5.74) is 3.96. The summed E-state index contributed by atoms with van der Waals surface area (Å²) < 4.78 is 6.29. The Kier molecular flexibility index (Phi) is 7.19. The number of carbonyl (C=O) groups excluding carboxylic acids is 2. The maximum Gasteiger partial charge on any atom is 0.257 e. The van der Waals surface area contributed by atoms with Crippen LogP contribution in [0.2, 0.25) is 0 Å². The van der Waals surface area contributed by atoms with E-state index in [0.29, 0.717) is 34.8 Å². The van der Waals surface area contributed by atoms with Crippen molar-refractivity contribution in [3.63, 3.8) is 0 Å². The predicted molar refractivity (Wildman–Crippen MR) is 150 cm³/mol. The van der Waals surface area contributed by atoms with E-state index < -0.39 is 0 Å². The van der Waals surface area contributed by atoms with Crippen LogP contribution in [0.25, 0.3) is 10.1 Å². The van der Waals surface area contributed by atoms with Crippen LogP contribution in [0, 0.1) is 13.8 Å². The highest BCUT2D eigenvalue weighted by atomic mass is 32.1. The molecule has 0 aliphatic heterocycles. The number of aromatic nitrogens is 2. The van der Waals surface area contributed by atoms with Crippen molar-refractivity contribution in [2.75, 3.05) is 10.6 Å². The summed E-state index contributed by atoms with van der Waals surface area (Å²) in [5.74, 6) is 0.555. The fraction of sp³-hybridized carbons (Fsp3) is 0.172.